The van der Waals surface area contributed by atoms with Crippen LogP contribution in [-0.2, 0) is 24.4 Å². The molecule has 98 valence electrons. The highest BCUT2D eigenvalue weighted by Gasteiger charge is 2.06. The summed E-state index contributed by atoms with van der Waals surface area (Å²) in [6, 6.07) is 0. The Kier molecular flexibility index (Phi) is 5.64. The van der Waals surface area contributed by atoms with E-state index in [0.717, 1.165) is 36.9 Å². The lowest BCUT2D eigenvalue weighted by Gasteiger charge is -2.12. The number of imidazole rings is 1. The number of nitrogens with one attached hydrogen (secondary N) is 1. The van der Waals surface area contributed by atoms with Gasteiger partial charge in [0, 0.05) is 50.5 Å². The molecule has 1 unspecified atom stereocenters. The number of rotatable bonds is 7. The van der Waals surface area contributed by atoms with Crippen molar-refractivity contribution in [2.24, 2.45) is 7.05 Å². The molecule has 6 heteroatoms. The number of hydrogen-bond acceptors (Lipinski definition) is 4. The van der Waals surface area contributed by atoms with Gasteiger partial charge < -0.3 is 14.8 Å². The van der Waals surface area contributed by atoms with Crippen molar-refractivity contribution < 1.29 is 4.21 Å². The zero-order chi connectivity index (χ0) is 12.8. The van der Waals surface area contributed by atoms with Crippen LogP contribution in [0.3, 0.4) is 0 Å². The first-order valence-corrected chi connectivity index (χ1v) is 7.43. The maximum Gasteiger partial charge on any atom is 0.204 e. The zero-order valence-electron chi connectivity index (χ0n) is 11.1. The molecule has 0 aliphatic carbocycles. The van der Waals surface area contributed by atoms with Crippen molar-refractivity contribution >= 4 is 16.7 Å². The molecule has 0 fully saturated rings. The van der Waals surface area contributed by atoms with Gasteiger partial charge in [0.2, 0.25) is 5.95 Å². The van der Waals surface area contributed by atoms with E-state index < -0.39 is 10.8 Å². The summed E-state index contributed by atoms with van der Waals surface area (Å²) < 4.78 is 12.9. The molecule has 1 rings (SSSR count). The fourth-order valence-electron chi connectivity index (χ4n) is 1.63. The molecular weight excluding hydrogens is 236 g/mol. The molecule has 17 heavy (non-hydrogen) atoms. The largest absolute Gasteiger partial charge is 0.348 e. The molecule has 1 heterocycles. The highest BCUT2D eigenvalue weighted by molar-refractivity contribution is 7.84. The lowest BCUT2D eigenvalue weighted by molar-refractivity contribution is 0.640. The normalized spacial score (nSPS) is 12.7. The summed E-state index contributed by atoms with van der Waals surface area (Å²) in [5.74, 6) is 1.72. The first-order valence-electron chi connectivity index (χ1n) is 5.71. The molecule has 0 saturated heterocycles. The van der Waals surface area contributed by atoms with Crippen molar-refractivity contribution in [1.82, 2.24) is 14.9 Å². The second-order valence-electron chi connectivity index (χ2n) is 4.31. The highest BCUT2D eigenvalue weighted by Crippen LogP contribution is 2.10. The van der Waals surface area contributed by atoms with Gasteiger partial charge in [-0.3, -0.25) is 4.21 Å². The Labute approximate surface area is 106 Å². The zero-order valence-corrected chi connectivity index (χ0v) is 11.9. The van der Waals surface area contributed by atoms with E-state index in [1.807, 2.05) is 32.2 Å². The summed E-state index contributed by atoms with van der Waals surface area (Å²) in [7, 11) is 5.29. The molecule has 0 aromatic carbocycles. The Morgan fingerprint density at radius 2 is 2.24 bits per heavy atom. The first-order chi connectivity index (χ1) is 8.02. The van der Waals surface area contributed by atoms with E-state index in [0.29, 0.717) is 0 Å². The Morgan fingerprint density at radius 3 is 2.76 bits per heavy atom. The minimum Gasteiger partial charge on any atom is -0.348 e. The maximum absolute atomic E-state index is 10.9. The van der Waals surface area contributed by atoms with Crippen molar-refractivity contribution in [3.05, 3.63) is 11.9 Å². The van der Waals surface area contributed by atoms with Crippen LogP contribution < -0.4 is 10.2 Å². The maximum atomic E-state index is 10.9. The fraction of sp³-hybridized carbons (Fsp3) is 0.727. The summed E-state index contributed by atoms with van der Waals surface area (Å²) in [6.07, 6.45) is 4.58. The van der Waals surface area contributed by atoms with Gasteiger partial charge in [0.05, 0.1) is 11.9 Å². The van der Waals surface area contributed by atoms with E-state index in [4.69, 9.17) is 0 Å². The lowest BCUT2D eigenvalue weighted by Crippen LogP contribution is -2.19. The lowest BCUT2D eigenvalue weighted by atomic mass is 10.4. The van der Waals surface area contributed by atoms with Crippen molar-refractivity contribution in [2.75, 3.05) is 37.5 Å². The van der Waals surface area contributed by atoms with E-state index in [2.05, 4.69) is 14.9 Å². The summed E-state index contributed by atoms with van der Waals surface area (Å²) in [4.78, 5) is 6.33. The molecule has 0 spiro atoms. The third-order valence-electron chi connectivity index (χ3n) is 2.55. The van der Waals surface area contributed by atoms with Crippen molar-refractivity contribution in [3.63, 3.8) is 0 Å². The molecule has 1 aromatic heterocycles. The monoisotopic (exact) mass is 258 g/mol. The van der Waals surface area contributed by atoms with Gasteiger partial charge in [-0.1, -0.05) is 0 Å². The predicted octanol–water partition coefficient (Wildman–Crippen LogP) is 0.344. The van der Waals surface area contributed by atoms with Crippen molar-refractivity contribution in [3.8, 4) is 0 Å². The standard InChI is InChI=1S/C11H22N4OS/c1-14(2)11-13-9-10(15(11)3)8-12-6-5-7-17(4)16/h9,12H,5-8H2,1-4H3. The van der Waals surface area contributed by atoms with Crippen LogP contribution in [0.15, 0.2) is 6.20 Å². The first kappa shape index (κ1) is 14.2. The average molecular weight is 258 g/mol. The van der Waals surface area contributed by atoms with Gasteiger partial charge in [-0.05, 0) is 13.0 Å². The molecule has 0 aliphatic heterocycles. The van der Waals surface area contributed by atoms with Gasteiger partial charge in [-0.2, -0.15) is 0 Å². The van der Waals surface area contributed by atoms with Gasteiger partial charge in [0.25, 0.3) is 0 Å². The SMILES string of the molecule is CN(C)c1ncc(CNCCCS(C)=O)n1C. The average Bonchev–Trinajstić information content (AvgIpc) is 2.59. The second-order valence-corrected chi connectivity index (χ2v) is 5.87. The molecule has 5 nitrogen and oxygen atoms in total. The number of anilines is 1. The third-order valence-corrected chi connectivity index (χ3v) is 3.41. The third kappa shape index (κ3) is 4.47. The second kappa shape index (κ2) is 6.76. The predicted molar refractivity (Wildman–Crippen MR) is 72.8 cm³/mol. The smallest absolute Gasteiger partial charge is 0.204 e. The van der Waals surface area contributed by atoms with Crippen LogP contribution in [-0.4, -0.2) is 46.4 Å². The van der Waals surface area contributed by atoms with Gasteiger partial charge >= 0.3 is 0 Å². The van der Waals surface area contributed by atoms with Crippen LogP contribution in [0.2, 0.25) is 0 Å². The van der Waals surface area contributed by atoms with Crippen molar-refractivity contribution in [2.45, 2.75) is 13.0 Å². The Morgan fingerprint density at radius 1 is 1.53 bits per heavy atom. The van der Waals surface area contributed by atoms with Crippen LogP contribution in [0.5, 0.6) is 0 Å². The Balaban J connectivity index is 2.34. The van der Waals surface area contributed by atoms with E-state index in [1.54, 1.807) is 6.26 Å². The Hall–Kier alpha value is -0.880. The van der Waals surface area contributed by atoms with E-state index in [1.165, 1.54) is 0 Å². The van der Waals surface area contributed by atoms with Crippen LogP contribution in [0, 0.1) is 0 Å². The number of nitrogens with zero attached hydrogens (tertiary/aromatic N) is 3. The minimum absolute atomic E-state index is 0.684. The van der Waals surface area contributed by atoms with Gasteiger partial charge in [0.15, 0.2) is 0 Å². The topological polar surface area (TPSA) is 50.2 Å². The molecule has 1 aromatic rings. The molecular formula is C11H22N4OS. The Bertz CT molecular complexity index is 376. The van der Waals surface area contributed by atoms with Crippen LogP contribution in [0.25, 0.3) is 0 Å². The summed E-state index contributed by atoms with van der Waals surface area (Å²) in [6.45, 7) is 1.69. The summed E-state index contributed by atoms with van der Waals surface area (Å²) >= 11 is 0. The van der Waals surface area contributed by atoms with Crippen LogP contribution >= 0.6 is 0 Å². The summed E-state index contributed by atoms with van der Waals surface area (Å²) in [5.41, 5.74) is 1.16. The molecule has 0 saturated carbocycles. The van der Waals surface area contributed by atoms with Gasteiger partial charge in [0.1, 0.15) is 0 Å². The molecule has 0 amide bonds. The fourth-order valence-corrected chi connectivity index (χ4v) is 2.18. The summed E-state index contributed by atoms with van der Waals surface area (Å²) in [5, 5.41) is 3.34. The molecule has 0 aliphatic rings. The highest BCUT2D eigenvalue weighted by atomic mass is 32.2. The van der Waals surface area contributed by atoms with Crippen LogP contribution in [0.4, 0.5) is 5.95 Å². The van der Waals surface area contributed by atoms with Crippen molar-refractivity contribution in [1.29, 1.82) is 0 Å². The van der Waals surface area contributed by atoms with E-state index in [-0.39, 0.29) is 0 Å². The number of hydrogen-bond donors (Lipinski definition) is 1. The molecule has 0 bridgehead atoms. The van der Waals surface area contributed by atoms with Gasteiger partial charge in [-0.15, -0.1) is 0 Å². The number of aromatic nitrogens is 2. The van der Waals surface area contributed by atoms with Crippen LogP contribution in [0.1, 0.15) is 12.1 Å². The molecule has 1 N–H and O–H groups in total. The molecule has 0 radical (unpaired) electrons. The van der Waals surface area contributed by atoms with E-state index in [9.17, 15) is 4.21 Å². The van der Waals surface area contributed by atoms with E-state index >= 15 is 0 Å². The minimum atomic E-state index is -0.684. The quantitative estimate of drug-likeness (QED) is 0.717. The molecule has 1 atom stereocenters. The van der Waals surface area contributed by atoms with Gasteiger partial charge in [-0.25, -0.2) is 4.98 Å².